The van der Waals surface area contributed by atoms with Crippen LogP contribution in [-0.4, -0.2) is 41.3 Å². The smallest absolute Gasteiger partial charge is 0.127 e. The van der Waals surface area contributed by atoms with Gasteiger partial charge in [0.25, 0.3) is 0 Å². The van der Waals surface area contributed by atoms with Gasteiger partial charge < -0.3 is 5.32 Å². The molecule has 0 aromatic rings. The molecule has 0 aliphatic carbocycles. The van der Waals surface area contributed by atoms with E-state index in [9.17, 15) is 4.79 Å². The topological polar surface area (TPSA) is 41.6 Å². The second-order valence-electron chi connectivity index (χ2n) is 8.20. The summed E-state index contributed by atoms with van der Waals surface area (Å²) in [5.74, 6) is 2.22. The van der Waals surface area contributed by atoms with E-state index in [-0.39, 0.29) is 17.1 Å². The largest absolute Gasteiger partial charge is 0.302 e. The first-order valence-corrected chi connectivity index (χ1v) is 9.71. The molecule has 0 aromatic carbocycles. The number of nitrogens with zero attached hydrogens (tertiary/aromatic N) is 1. The van der Waals surface area contributed by atoms with Gasteiger partial charge in [0.1, 0.15) is 5.94 Å². The summed E-state index contributed by atoms with van der Waals surface area (Å²) in [6, 6.07) is 0.00402. The highest BCUT2D eigenvalue weighted by Gasteiger charge is 2.45. The van der Waals surface area contributed by atoms with Gasteiger partial charge in [-0.25, -0.2) is 4.79 Å². The van der Waals surface area contributed by atoms with Crippen LogP contribution < -0.4 is 5.32 Å². The van der Waals surface area contributed by atoms with Gasteiger partial charge in [0, 0.05) is 17.6 Å². The molecule has 1 rings (SSSR count). The van der Waals surface area contributed by atoms with Gasteiger partial charge in [0.2, 0.25) is 0 Å². The van der Waals surface area contributed by atoms with Gasteiger partial charge in [-0.2, -0.15) is 5.06 Å². The van der Waals surface area contributed by atoms with Crippen LogP contribution in [0.4, 0.5) is 0 Å². The van der Waals surface area contributed by atoms with Gasteiger partial charge in [-0.3, -0.25) is 4.84 Å². The third kappa shape index (κ3) is 6.33. The van der Waals surface area contributed by atoms with Crippen molar-refractivity contribution < 1.29 is 9.63 Å². The molecule has 1 N–H and O–H groups in total. The predicted molar refractivity (Wildman–Crippen MR) is 101 cm³/mol. The Bertz CT molecular complexity index is 425. The van der Waals surface area contributed by atoms with E-state index in [2.05, 4.69) is 45.9 Å². The van der Waals surface area contributed by atoms with E-state index in [0.29, 0.717) is 6.61 Å². The molecule has 0 bridgehead atoms. The van der Waals surface area contributed by atoms with Crippen LogP contribution in [-0.2, 0) is 9.63 Å². The summed E-state index contributed by atoms with van der Waals surface area (Å²) in [6.45, 7) is 14.3. The minimum atomic E-state index is -0.357. The van der Waals surface area contributed by atoms with E-state index in [4.69, 9.17) is 4.84 Å². The molecule has 0 amide bonds. The van der Waals surface area contributed by atoms with Crippen molar-refractivity contribution in [2.45, 2.75) is 104 Å². The number of piperidine rings is 1. The molecule has 1 atom stereocenters. The summed E-state index contributed by atoms with van der Waals surface area (Å²) >= 11 is 0. The molecule has 4 heteroatoms. The number of rotatable bonds is 10. The van der Waals surface area contributed by atoms with Crippen molar-refractivity contribution in [2.75, 3.05) is 13.2 Å². The Morgan fingerprint density at radius 1 is 1.12 bits per heavy atom. The fourth-order valence-electron chi connectivity index (χ4n) is 3.93. The van der Waals surface area contributed by atoms with Crippen molar-refractivity contribution in [3.63, 3.8) is 0 Å². The number of unbranched alkanes of at least 4 members (excludes halogenated alkanes) is 5. The van der Waals surface area contributed by atoms with Crippen LogP contribution in [0.2, 0.25) is 0 Å². The van der Waals surface area contributed by atoms with Crippen LogP contribution in [0.25, 0.3) is 0 Å². The number of carbonyl (C=O) groups excluding carboxylic acids is 1. The minimum Gasteiger partial charge on any atom is -0.302 e. The van der Waals surface area contributed by atoms with Crippen LogP contribution in [0.5, 0.6) is 0 Å². The zero-order valence-electron chi connectivity index (χ0n) is 16.7. The molecule has 1 aliphatic rings. The fraction of sp³-hybridized carbons (Fsp3) is 0.900. The van der Waals surface area contributed by atoms with E-state index < -0.39 is 0 Å². The Labute approximate surface area is 149 Å². The second kappa shape index (κ2) is 9.72. The van der Waals surface area contributed by atoms with Gasteiger partial charge in [0.05, 0.1) is 18.2 Å². The Kier molecular flexibility index (Phi) is 8.66. The number of hydrogen-bond acceptors (Lipinski definition) is 4. The zero-order chi connectivity index (χ0) is 18.2. The van der Waals surface area contributed by atoms with Crippen LogP contribution >= 0.6 is 0 Å². The first kappa shape index (κ1) is 21.4. The standard InChI is InChI=1S/C20H38N2O2/c1-7-9-10-11-12-13-14-22(24-8-2)18-15-19(3,4)21-20(5,6)17(18)16-23/h18,21H,7-15H2,1-6H3. The first-order valence-electron chi connectivity index (χ1n) is 9.71. The van der Waals surface area contributed by atoms with Crippen molar-refractivity contribution in [3.05, 3.63) is 5.57 Å². The van der Waals surface area contributed by atoms with Crippen molar-refractivity contribution in [1.29, 1.82) is 0 Å². The van der Waals surface area contributed by atoms with E-state index in [0.717, 1.165) is 25.0 Å². The molecule has 0 aromatic heterocycles. The maximum Gasteiger partial charge on any atom is 0.127 e. The number of hydroxylamine groups is 2. The molecule has 0 saturated carbocycles. The number of nitrogens with one attached hydrogen (secondary N) is 1. The lowest BCUT2D eigenvalue weighted by Crippen LogP contribution is -2.64. The molecular weight excluding hydrogens is 300 g/mol. The Balaban J connectivity index is 2.75. The van der Waals surface area contributed by atoms with E-state index in [1.54, 1.807) is 0 Å². The molecule has 1 fully saturated rings. The van der Waals surface area contributed by atoms with Crippen LogP contribution in [0.15, 0.2) is 5.57 Å². The number of hydrogen-bond donors (Lipinski definition) is 1. The summed E-state index contributed by atoms with van der Waals surface area (Å²) in [5.41, 5.74) is 0.386. The quantitative estimate of drug-likeness (QED) is 0.367. The third-order valence-corrected chi connectivity index (χ3v) is 4.85. The lowest BCUT2D eigenvalue weighted by molar-refractivity contribution is -0.184. The van der Waals surface area contributed by atoms with Crippen molar-refractivity contribution in [3.8, 4) is 0 Å². The summed E-state index contributed by atoms with van der Waals surface area (Å²) in [7, 11) is 0. The highest BCUT2D eigenvalue weighted by atomic mass is 16.7. The van der Waals surface area contributed by atoms with Crippen molar-refractivity contribution in [2.24, 2.45) is 0 Å². The first-order chi connectivity index (χ1) is 11.3. The summed E-state index contributed by atoms with van der Waals surface area (Å²) < 4.78 is 0. The maximum absolute atomic E-state index is 11.7. The van der Waals surface area contributed by atoms with E-state index >= 15 is 0 Å². The summed E-state index contributed by atoms with van der Waals surface area (Å²) in [5, 5.41) is 5.61. The molecule has 24 heavy (non-hydrogen) atoms. The lowest BCUT2D eigenvalue weighted by Gasteiger charge is -2.49. The Morgan fingerprint density at radius 3 is 2.33 bits per heavy atom. The van der Waals surface area contributed by atoms with Crippen LogP contribution in [0, 0.1) is 0 Å². The predicted octanol–water partition coefficient (Wildman–Crippen LogP) is 4.28. The van der Waals surface area contributed by atoms with Crippen LogP contribution in [0.3, 0.4) is 0 Å². The van der Waals surface area contributed by atoms with Gasteiger partial charge in [-0.15, -0.1) is 0 Å². The molecule has 4 nitrogen and oxygen atoms in total. The lowest BCUT2D eigenvalue weighted by atomic mass is 9.76. The van der Waals surface area contributed by atoms with Gasteiger partial charge in [-0.05, 0) is 47.5 Å². The molecule has 1 saturated heterocycles. The maximum atomic E-state index is 11.7. The highest BCUT2D eigenvalue weighted by molar-refractivity contribution is 5.59. The van der Waals surface area contributed by atoms with E-state index in [1.807, 2.05) is 12.0 Å². The van der Waals surface area contributed by atoms with Gasteiger partial charge >= 0.3 is 0 Å². The molecule has 1 heterocycles. The highest BCUT2D eigenvalue weighted by Crippen LogP contribution is 2.35. The minimum absolute atomic E-state index is 0.00402. The van der Waals surface area contributed by atoms with Gasteiger partial charge in [-0.1, -0.05) is 39.0 Å². The normalized spacial score (nSPS) is 22.6. The van der Waals surface area contributed by atoms with Crippen molar-refractivity contribution >= 4 is 5.94 Å². The van der Waals surface area contributed by atoms with E-state index in [1.165, 1.54) is 32.1 Å². The zero-order valence-corrected chi connectivity index (χ0v) is 16.7. The average molecular weight is 339 g/mol. The Morgan fingerprint density at radius 2 is 1.75 bits per heavy atom. The summed E-state index contributed by atoms with van der Waals surface area (Å²) in [4.78, 5) is 17.6. The molecular formula is C20H38N2O2. The van der Waals surface area contributed by atoms with Crippen LogP contribution in [0.1, 0.15) is 86.5 Å². The summed E-state index contributed by atoms with van der Waals surface area (Å²) in [6.07, 6.45) is 8.39. The molecule has 1 aliphatic heterocycles. The molecule has 0 radical (unpaired) electrons. The SMILES string of the molecule is CCCCCCCCN(OCC)C1CC(C)(C)NC(C)(C)C1=C=O. The van der Waals surface area contributed by atoms with Crippen molar-refractivity contribution in [1.82, 2.24) is 10.4 Å². The Hall–Kier alpha value is -0.670. The average Bonchev–Trinajstić information content (AvgIpc) is 2.47. The fourth-order valence-corrected chi connectivity index (χ4v) is 3.93. The second-order valence-corrected chi connectivity index (χ2v) is 8.20. The third-order valence-electron chi connectivity index (χ3n) is 4.85. The van der Waals surface area contributed by atoms with Gasteiger partial charge in [0.15, 0.2) is 0 Å². The molecule has 140 valence electrons. The molecule has 1 unspecified atom stereocenters. The monoisotopic (exact) mass is 338 g/mol. The molecule has 0 spiro atoms.